The van der Waals surface area contributed by atoms with Crippen molar-refractivity contribution in [3.8, 4) is 28.7 Å². The highest BCUT2D eigenvalue weighted by molar-refractivity contribution is 7.79. The molecule has 0 aliphatic carbocycles. The van der Waals surface area contributed by atoms with Crippen LogP contribution in [0, 0.1) is 0 Å². The summed E-state index contributed by atoms with van der Waals surface area (Å²) in [6.07, 6.45) is 1.90. The van der Waals surface area contributed by atoms with Gasteiger partial charge in [0.25, 0.3) is 0 Å². The molecule has 0 saturated heterocycles. The Morgan fingerprint density at radius 3 is 2.28 bits per heavy atom. The van der Waals surface area contributed by atoms with Gasteiger partial charge in [0.05, 0.1) is 30.4 Å². The molecule has 0 atom stereocenters. The molecule has 1 aromatic heterocycles. The van der Waals surface area contributed by atoms with E-state index in [2.05, 4.69) is 0 Å². The first-order valence-corrected chi connectivity index (χ1v) is 10.6. The predicted molar refractivity (Wildman–Crippen MR) is 113 cm³/mol. The highest BCUT2D eigenvalue weighted by Gasteiger charge is 2.23. The van der Waals surface area contributed by atoms with Gasteiger partial charge in [-0.2, -0.15) is 4.57 Å². The maximum atomic E-state index is 10.7. The zero-order valence-corrected chi connectivity index (χ0v) is 18.1. The Balaban J connectivity index is 0.000000444. The number of pyridine rings is 1. The second-order valence-corrected chi connectivity index (χ2v) is 7.83. The van der Waals surface area contributed by atoms with Gasteiger partial charge in [-0.05, 0) is 29.7 Å². The number of aryl methyl sites for hydroxylation is 1. The summed E-state index contributed by atoms with van der Waals surface area (Å²) in [5.41, 5.74) is 1.03. The third-order valence-corrected chi connectivity index (χ3v) is 5.13. The monoisotopic (exact) mass is 461 g/mol. The fraction of sp³-hybridized carbons (Fsp3) is 0.190. The minimum absolute atomic E-state index is 0.0649. The average molecular weight is 461 g/mol. The van der Waals surface area contributed by atoms with E-state index in [0.717, 1.165) is 38.6 Å². The lowest BCUT2D eigenvalue weighted by atomic mass is 9.99. The molecule has 4 aromatic rings. The van der Waals surface area contributed by atoms with Gasteiger partial charge in [-0.3, -0.25) is 4.55 Å². The van der Waals surface area contributed by atoms with Crippen molar-refractivity contribution in [2.45, 2.75) is 0 Å². The third kappa shape index (κ3) is 3.77. The fourth-order valence-corrected chi connectivity index (χ4v) is 3.90. The SMILES string of the molecule is COc1cc2c(c[n+](C)c3c4cc5c(cc4ccc23)OCO5)c(O)c1OC.O=S(=O)([O-])O. The van der Waals surface area contributed by atoms with E-state index in [4.69, 9.17) is 36.5 Å². The van der Waals surface area contributed by atoms with Crippen molar-refractivity contribution in [2.75, 3.05) is 21.0 Å². The number of aromatic hydroxyl groups is 1. The first kappa shape index (κ1) is 21.7. The lowest BCUT2D eigenvalue weighted by molar-refractivity contribution is -0.642. The molecule has 0 saturated carbocycles. The van der Waals surface area contributed by atoms with Crippen LogP contribution in [-0.4, -0.2) is 43.6 Å². The van der Waals surface area contributed by atoms with Gasteiger partial charge in [-0.15, -0.1) is 0 Å². The smallest absolute Gasteiger partial charge is 0.231 e. The largest absolute Gasteiger partial charge is 0.726 e. The molecular weight excluding hydrogens is 442 g/mol. The Kier molecular flexibility index (Phi) is 5.33. The van der Waals surface area contributed by atoms with E-state index < -0.39 is 10.4 Å². The van der Waals surface area contributed by atoms with Gasteiger partial charge in [0.15, 0.2) is 29.2 Å². The van der Waals surface area contributed by atoms with E-state index in [1.807, 2.05) is 48.1 Å². The number of nitrogens with zero attached hydrogens (tertiary/aromatic N) is 1. The molecule has 0 spiro atoms. The average Bonchev–Trinajstić information content (AvgIpc) is 3.18. The van der Waals surface area contributed by atoms with Crippen LogP contribution in [0.15, 0.2) is 36.5 Å². The van der Waals surface area contributed by atoms with Gasteiger partial charge in [0.1, 0.15) is 7.05 Å². The van der Waals surface area contributed by atoms with Crippen molar-refractivity contribution in [2.24, 2.45) is 7.05 Å². The number of benzene rings is 3. The van der Waals surface area contributed by atoms with Crippen LogP contribution < -0.4 is 23.5 Å². The normalized spacial score (nSPS) is 12.7. The first-order valence-electron chi connectivity index (χ1n) is 9.23. The Morgan fingerprint density at radius 1 is 1.00 bits per heavy atom. The van der Waals surface area contributed by atoms with Crippen molar-refractivity contribution in [1.29, 1.82) is 0 Å². The van der Waals surface area contributed by atoms with E-state index in [-0.39, 0.29) is 12.5 Å². The highest BCUT2D eigenvalue weighted by atomic mass is 32.3. The lowest BCUT2D eigenvalue weighted by Gasteiger charge is -2.13. The van der Waals surface area contributed by atoms with Crippen molar-refractivity contribution in [3.05, 3.63) is 36.5 Å². The second-order valence-electron chi connectivity index (χ2n) is 6.98. The maximum absolute atomic E-state index is 10.7. The minimum Gasteiger partial charge on any atom is -0.726 e. The minimum atomic E-state index is -4.92. The number of aromatic nitrogens is 1. The first-order chi connectivity index (χ1) is 15.1. The van der Waals surface area contributed by atoms with E-state index >= 15 is 0 Å². The highest BCUT2D eigenvalue weighted by Crippen LogP contribution is 2.45. The molecule has 10 nitrogen and oxygen atoms in total. The van der Waals surface area contributed by atoms with E-state index in [0.29, 0.717) is 16.9 Å². The maximum Gasteiger partial charge on any atom is 0.231 e. The number of hydrogen-bond donors (Lipinski definition) is 2. The zero-order valence-electron chi connectivity index (χ0n) is 17.3. The number of rotatable bonds is 2. The summed E-state index contributed by atoms with van der Waals surface area (Å²) in [6, 6.07) is 10.00. The molecule has 5 rings (SSSR count). The summed E-state index contributed by atoms with van der Waals surface area (Å²) >= 11 is 0. The molecule has 0 radical (unpaired) electrons. The molecule has 0 unspecified atom stereocenters. The van der Waals surface area contributed by atoms with E-state index in [1.165, 1.54) is 7.11 Å². The van der Waals surface area contributed by atoms with Crippen LogP contribution in [-0.2, 0) is 17.4 Å². The molecule has 168 valence electrons. The van der Waals surface area contributed by atoms with Gasteiger partial charge in [-0.25, -0.2) is 8.42 Å². The molecule has 2 heterocycles. The molecule has 1 aliphatic rings. The molecule has 2 N–H and O–H groups in total. The summed E-state index contributed by atoms with van der Waals surface area (Å²) in [6.45, 7) is 0.240. The van der Waals surface area contributed by atoms with Gasteiger partial charge in [0.2, 0.25) is 28.5 Å². The summed E-state index contributed by atoms with van der Waals surface area (Å²) < 4.78 is 56.7. The van der Waals surface area contributed by atoms with Crippen LogP contribution in [0.25, 0.3) is 32.4 Å². The molecule has 3 aromatic carbocycles. The summed E-state index contributed by atoms with van der Waals surface area (Å²) in [4.78, 5) is 0. The zero-order chi connectivity index (χ0) is 23.2. The number of hydrogen-bond acceptors (Lipinski definition) is 8. The molecule has 0 bridgehead atoms. The topological polar surface area (TPSA) is 138 Å². The number of methoxy groups -OCH3 is 2. The van der Waals surface area contributed by atoms with E-state index in [9.17, 15) is 5.11 Å². The third-order valence-electron chi connectivity index (χ3n) is 5.13. The van der Waals surface area contributed by atoms with Gasteiger partial charge in [-0.1, -0.05) is 6.07 Å². The number of phenols is 1. The van der Waals surface area contributed by atoms with Crippen LogP contribution >= 0.6 is 0 Å². The summed E-state index contributed by atoms with van der Waals surface area (Å²) in [5, 5.41) is 15.4. The van der Waals surface area contributed by atoms with Crippen molar-refractivity contribution in [1.82, 2.24) is 0 Å². The Labute approximate surface area is 182 Å². The van der Waals surface area contributed by atoms with Gasteiger partial charge < -0.3 is 28.6 Å². The molecule has 1 aliphatic heterocycles. The van der Waals surface area contributed by atoms with Crippen LogP contribution in [0.1, 0.15) is 0 Å². The van der Waals surface area contributed by atoms with Crippen LogP contribution in [0.4, 0.5) is 0 Å². The standard InChI is InChI=1S/C21H17NO5.H2O4S/c1-22-9-15-14(8-18(24-2)21(25-3)20(15)23)12-5-4-11-6-16-17(27-10-26-16)7-13(11)19(12)22;1-5(2,3)4/h4-9H,10H2,1-3H3;(H2,1,2,3,4). The number of phenolic OH excluding ortho intramolecular Hbond substituents is 1. The van der Waals surface area contributed by atoms with E-state index in [1.54, 1.807) is 7.11 Å². The van der Waals surface area contributed by atoms with Crippen LogP contribution in [0.2, 0.25) is 0 Å². The molecule has 32 heavy (non-hydrogen) atoms. The quantitative estimate of drug-likeness (QED) is 0.199. The molecule has 0 fully saturated rings. The Bertz CT molecular complexity index is 1470. The summed E-state index contributed by atoms with van der Waals surface area (Å²) in [5.74, 6) is 2.38. The molecule has 11 heteroatoms. The molecular formula is C21H19NO9S. The van der Waals surface area contributed by atoms with Crippen molar-refractivity contribution < 1.29 is 46.1 Å². The lowest BCUT2D eigenvalue weighted by Crippen LogP contribution is -2.28. The number of ether oxygens (including phenoxy) is 4. The molecule has 0 amide bonds. The van der Waals surface area contributed by atoms with Gasteiger partial charge >= 0.3 is 0 Å². The second kappa shape index (κ2) is 7.86. The van der Waals surface area contributed by atoms with Crippen molar-refractivity contribution >= 4 is 42.8 Å². The summed E-state index contributed by atoms with van der Waals surface area (Å²) in [7, 11) is 0.118. The van der Waals surface area contributed by atoms with Crippen LogP contribution in [0.5, 0.6) is 28.7 Å². The predicted octanol–water partition coefficient (Wildman–Crippen LogP) is 2.43. The number of fused-ring (bicyclic) bond motifs is 6. The Morgan fingerprint density at radius 2 is 1.66 bits per heavy atom. The van der Waals surface area contributed by atoms with Gasteiger partial charge in [0, 0.05) is 5.39 Å². The Hall–Kier alpha value is -3.54. The fourth-order valence-electron chi connectivity index (χ4n) is 3.90. The van der Waals surface area contributed by atoms with Crippen LogP contribution in [0.3, 0.4) is 0 Å². The van der Waals surface area contributed by atoms with Crippen molar-refractivity contribution in [3.63, 3.8) is 0 Å².